The Balaban J connectivity index is 2.52. The number of carbonyl (C=O) groups is 1. The maximum absolute atomic E-state index is 11.7. The quantitative estimate of drug-likeness (QED) is 0.774. The highest BCUT2D eigenvalue weighted by molar-refractivity contribution is 5.81. The van der Waals surface area contributed by atoms with Gasteiger partial charge in [-0.1, -0.05) is 26.2 Å². The van der Waals surface area contributed by atoms with Crippen LogP contribution in [0.1, 0.15) is 52.4 Å². The molecule has 15 heavy (non-hydrogen) atoms. The minimum atomic E-state index is -0.483. The molecule has 0 aromatic rings. The van der Waals surface area contributed by atoms with E-state index in [1.54, 1.807) is 0 Å². The molecule has 1 N–H and O–H groups in total. The van der Waals surface area contributed by atoms with Gasteiger partial charge in [-0.25, -0.2) is 0 Å². The molecule has 1 aliphatic carbocycles. The third-order valence-electron chi connectivity index (χ3n) is 3.26. The lowest BCUT2D eigenvalue weighted by Crippen LogP contribution is -2.49. The third-order valence-corrected chi connectivity index (χ3v) is 3.26. The van der Waals surface area contributed by atoms with Crippen LogP contribution in [0.15, 0.2) is 0 Å². The molecule has 1 unspecified atom stereocenters. The Bertz CT molecular complexity index is 261. The van der Waals surface area contributed by atoms with E-state index < -0.39 is 5.92 Å². The van der Waals surface area contributed by atoms with Gasteiger partial charge in [0.05, 0.1) is 6.07 Å². The maximum atomic E-state index is 11.7. The van der Waals surface area contributed by atoms with Gasteiger partial charge in [0.25, 0.3) is 0 Å². The van der Waals surface area contributed by atoms with Crippen molar-refractivity contribution in [2.24, 2.45) is 5.92 Å². The number of carbonyl (C=O) groups excluding carboxylic acids is 1. The summed E-state index contributed by atoms with van der Waals surface area (Å²) in [5.41, 5.74) is -0.0698. The highest BCUT2D eigenvalue weighted by Gasteiger charge is 2.30. The normalized spacial score (nSPS) is 21.4. The van der Waals surface area contributed by atoms with Crippen molar-refractivity contribution >= 4 is 5.91 Å². The Morgan fingerprint density at radius 1 is 1.47 bits per heavy atom. The van der Waals surface area contributed by atoms with Gasteiger partial charge in [0, 0.05) is 5.54 Å². The van der Waals surface area contributed by atoms with E-state index in [4.69, 9.17) is 5.26 Å². The van der Waals surface area contributed by atoms with Crippen LogP contribution < -0.4 is 5.32 Å². The molecule has 1 amide bonds. The van der Waals surface area contributed by atoms with E-state index in [1.807, 2.05) is 13.0 Å². The first-order valence-electron chi connectivity index (χ1n) is 5.83. The van der Waals surface area contributed by atoms with E-state index >= 15 is 0 Å². The fourth-order valence-electron chi connectivity index (χ4n) is 2.18. The van der Waals surface area contributed by atoms with E-state index in [-0.39, 0.29) is 11.4 Å². The monoisotopic (exact) mass is 208 g/mol. The molecule has 3 nitrogen and oxygen atoms in total. The molecule has 0 saturated heterocycles. The summed E-state index contributed by atoms with van der Waals surface area (Å²) < 4.78 is 0. The second kappa shape index (κ2) is 5.16. The number of amides is 1. The molecule has 1 rings (SSSR count). The molecule has 1 saturated carbocycles. The van der Waals surface area contributed by atoms with Gasteiger partial charge in [0.1, 0.15) is 5.92 Å². The largest absolute Gasteiger partial charge is 0.350 e. The molecule has 0 bridgehead atoms. The number of nitrogens with zero attached hydrogens (tertiary/aromatic N) is 1. The minimum absolute atomic E-state index is 0.0698. The fraction of sp³-hybridized carbons (Fsp3) is 0.833. The number of hydrogen-bond acceptors (Lipinski definition) is 2. The van der Waals surface area contributed by atoms with Crippen LogP contribution in [0.2, 0.25) is 0 Å². The molecule has 0 heterocycles. The van der Waals surface area contributed by atoms with Crippen LogP contribution >= 0.6 is 0 Å². The summed E-state index contributed by atoms with van der Waals surface area (Å²) in [5, 5.41) is 11.8. The molecule has 0 aromatic carbocycles. The molecule has 1 fully saturated rings. The third kappa shape index (κ3) is 3.23. The topological polar surface area (TPSA) is 52.9 Å². The predicted molar refractivity (Wildman–Crippen MR) is 59.0 cm³/mol. The van der Waals surface area contributed by atoms with Gasteiger partial charge in [0.15, 0.2) is 0 Å². The van der Waals surface area contributed by atoms with Gasteiger partial charge < -0.3 is 5.32 Å². The van der Waals surface area contributed by atoms with Crippen LogP contribution in [0.25, 0.3) is 0 Å². The van der Waals surface area contributed by atoms with Crippen molar-refractivity contribution in [2.45, 2.75) is 57.9 Å². The Morgan fingerprint density at radius 3 is 2.53 bits per heavy atom. The molecule has 84 valence electrons. The van der Waals surface area contributed by atoms with Crippen molar-refractivity contribution in [3.63, 3.8) is 0 Å². The van der Waals surface area contributed by atoms with Gasteiger partial charge in [-0.15, -0.1) is 0 Å². The average molecular weight is 208 g/mol. The van der Waals surface area contributed by atoms with E-state index in [2.05, 4.69) is 12.2 Å². The van der Waals surface area contributed by atoms with Crippen LogP contribution in [0.5, 0.6) is 0 Å². The molecule has 0 spiro atoms. The average Bonchev–Trinajstić information content (AvgIpc) is 2.19. The van der Waals surface area contributed by atoms with E-state index in [0.717, 1.165) is 12.8 Å². The summed E-state index contributed by atoms with van der Waals surface area (Å²) in [4.78, 5) is 11.7. The minimum Gasteiger partial charge on any atom is -0.350 e. The van der Waals surface area contributed by atoms with Crippen LogP contribution in [-0.4, -0.2) is 11.4 Å². The Kier molecular flexibility index (Phi) is 4.14. The second-order valence-electron chi connectivity index (χ2n) is 4.70. The van der Waals surface area contributed by atoms with Gasteiger partial charge in [-0.3, -0.25) is 4.79 Å². The molecule has 1 atom stereocenters. The lowest BCUT2D eigenvalue weighted by molar-refractivity contribution is -0.125. The summed E-state index contributed by atoms with van der Waals surface area (Å²) in [5.74, 6) is -0.576. The highest BCUT2D eigenvalue weighted by Crippen LogP contribution is 2.27. The standard InChI is InChI=1S/C12H20N2O/c1-3-10(9-13)11(15)14-12(2)7-5-4-6-8-12/h10H,3-8H2,1-2H3,(H,14,15). The van der Waals surface area contributed by atoms with Crippen molar-refractivity contribution in [2.75, 3.05) is 0 Å². The Morgan fingerprint density at radius 2 is 2.07 bits per heavy atom. The Labute approximate surface area is 91.9 Å². The van der Waals surface area contributed by atoms with E-state index in [0.29, 0.717) is 6.42 Å². The summed E-state index contributed by atoms with van der Waals surface area (Å²) in [6.45, 7) is 3.96. The molecule has 1 aliphatic rings. The van der Waals surface area contributed by atoms with E-state index in [9.17, 15) is 4.79 Å². The van der Waals surface area contributed by atoms with Crippen molar-refractivity contribution in [3.8, 4) is 6.07 Å². The first-order valence-corrected chi connectivity index (χ1v) is 5.83. The first-order chi connectivity index (χ1) is 7.11. The molecule has 0 radical (unpaired) electrons. The first kappa shape index (κ1) is 12.0. The van der Waals surface area contributed by atoms with Crippen LogP contribution in [0, 0.1) is 17.2 Å². The van der Waals surface area contributed by atoms with Crippen molar-refractivity contribution in [3.05, 3.63) is 0 Å². The molecular weight excluding hydrogens is 188 g/mol. The number of rotatable bonds is 3. The molecular formula is C12H20N2O. The summed E-state index contributed by atoms with van der Waals surface area (Å²) >= 11 is 0. The van der Waals surface area contributed by atoms with Crippen molar-refractivity contribution in [1.29, 1.82) is 5.26 Å². The zero-order chi connectivity index (χ0) is 11.3. The fourth-order valence-corrected chi connectivity index (χ4v) is 2.18. The lowest BCUT2D eigenvalue weighted by Gasteiger charge is -2.35. The predicted octanol–water partition coefficient (Wildman–Crippen LogP) is 2.38. The smallest absolute Gasteiger partial charge is 0.237 e. The number of nitriles is 1. The number of hydrogen-bond donors (Lipinski definition) is 1. The van der Waals surface area contributed by atoms with E-state index in [1.165, 1.54) is 19.3 Å². The van der Waals surface area contributed by atoms with Crippen molar-refractivity contribution in [1.82, 2.24) is 5.32 Å². The summed E-state index contributed by atoms with van der Waals surface area (Å²) in [6, 6.07) is 2.05. The Hall–Kier alpha value is -1.04. The molecule has 3 heteroatoms. The zero-order valence-corrected chi connectivity index (χ0v) is 9.68. The second-order valence-corrected chi connectivity index (χ2v) is 4.70. The van der Waals surface area contributed by atoms with Crippen LogP contribution in [0.4, 0.5) is 0 Å². The highest BCUT2D eigenvalue weighted by atomic mass is 16.2. The van der Waals surface area contributed by atoms with Gasteiger partial charge in [0.2, 0.25) is 5.91 Å². The zero-order valence-electron chi connectivity index (χ0n) is 9.68. The number of nitrogens with one attached hydrogen (secondary N) is 1. The summed E-state index contributed by atoms with van der Waals surface area (Å²) in [7, 11) is 0. The van der Waals surface area contributed by atoms with Gasteiger partial charge in [-0.05, 0) is 26.2 Å². The van der Waals surface area contributed by atoms with Crippen molar-refractivity contribution < 1.29 is 4.79 Å². The molecule has 0 aromatic heterocycles. The van der Waals surface area contributed by atoms with Crippen LogP contribution in [-0.2, 0) is 4.79 Å². The van der Waals surface area contributed by atoms with Gasteiger partial charge >= 0.3 is 0 Å². The lowest BCUT2D eigenvalue weighted by atomic mass is 9.83. The van der Waals surface area contributed by atoms with Crippen LogP contribution in [0.3, 0.4) is 0 Å². The van der Waals surface area contributed by atoms with Gasteiger partial charge in [-0.2, -0.15) is 5.26 Å². The molecule has 0 aliphatic heterocycles. The summed E-state index contributed by atoms with van der Waals surface area (Å²) in [6.07, 6.45) is 6.31. The maximum Gasteiger partial charge on any atom is 0.237 e. The SMILES string of the molecule is CCC(C#N)C(=O)NC1(C)CCCCC1.